The number of thiophene rings is 1. The lowest BCUT2D eigenvalue weighted by molar-refractivity contribution is 0.314. The summed E-state index contributed by atoms with van der Waals surface area (Å²) in [5.41, 5.74) is 3.16. The van der Waals surface area contributed by atoms with Crippen LogP contribution < -0.4 is 4.74 Å². The van der Waals surface area contributed by atoms with Crippen molar-refractivity contribution in [1.29, 1.82) is 5.26 Å². The van der Waals surface area contributed by atoms with Crippen molar-refractivity contribution in [1.82, 2.24) is 0 Å². The fraction of sp³-hybridized carbons (Fsp3) is 0.0556. The Hall–Kier alpha value is -1.51. The maximum atomic E-state index is 9.53. The number of hydrogen-bond acceptors (Lipinski definition) is 3. The first-order chi connectivity index (χ1) is 11.6. The monoisotopic (exact) mass is 437 g/mol. The molecule has 0 amide bonds. The van der Waals surface area contributed by atoms with Crippen molar-refractivity contribution in [2.75, 3.05) is 0 Å². The molecule has 0 radical (unpaired) electrons. The third-order valence-corrected chi connectivity index (χ3v) is 5.82. The van der Waals surface area contributed by atoms with Crippen LogP contribution in [-0.2, 0) is 6.61 Å². The molecule has 0 fully saturated rings. The van der Waals surface area contributed by atoms with E-state index < -0.39 is 0 Å². The van der Waals surface area contributed by atoms with Crippen LogP contribution in [0.3, 0.4) is 0 Å². The summed E-state index contributed by atoms with van der Waals surface area (Å²) >= 11 is 16.9. The van der Waals surface area contributed by atoms with Crippen LogP contribution in [0.2, 0.25) is 10.0 Å². The topological polar surface area (TPSA) is 33.0 Å². The van der Waals surface area contributed by atoms with E-state index in [1.165, 1.54) is 11.3 Å². The first-order valence-electron chi connectivity index (χ1n) is 6.93. The quantitative estimate of drug-likeness (QED) is 0.442. The van der Waals surface area contributed by atoms with Gasteiger partial charge in [0.1, 0.15) is 18.2 Å². The minimum Gasteiger partial charge on any atom is -0.478 e. The third-order valence-electron chi connectivity index (χ3n) is 3.42. The highest BCUT2D eigenvalue weighted by atomic mass is 79.9. The molecule has 3 aromatic rings. The zero-order valence-electron chi connectivity index (χ0n) is 12.2. The number of hydrogen-bond donors (Lipinski definition) is 0. The molecule has 0 saturated heterocycles. The molecule has 1 aromatic heterocycles. The minimum atomic E-state index is 0.386. The summed E-state index contributed by atoms with van der Waals surface area (Å²) in [4.78, 5) is 0. The number of nitriles is 1. The fourth-order valence-corrected chi connectivity index (χ4v) is 3.76. The van der Waals surface area contributed by atoms with Crippen LogP contribution >= 0.6 is 50.5 Å². The summed E-state index contributed by atoms with van der Waals surface area (Å²) in [7, 11) is 0. The lowest BCUT2D eigenvalue weighted by Gasteiger charge is -2.07. The largest absolute Gasteiger partial charge is 0.478 e. The Bertz CT molecular complexity index is 933. The Kier molecular flexibility index (Phi) is 5.47. The number of rotatable bonds is 4. The molecular weight excluding hydrogens is 429 g/mol. The zero-order valence-corrected chi connectivity index (χ0v) is 16.1. The Morgan fingerprint density at radius 1 is 1.12 bits per heavy atom. The summed E-state index contributed by atoms with van der Waals surface area (Å²) in [6, 6.07) is 15.4. The molecule has 0 aliphatic heterocycles. The zero-order chi connectivity index (χ0) is 17.1. The molecule has 0 N–H and O–H groups in total. The van der Waals surface area contributed by atoms with Gasteiger partial charge in [0.15, 0.2) is 5.06 Å². The number of ether oxygens (including phenoxy) is 1. The van der Waals surface area contributed by atoms with Crippen LogP contribution in [0.1, 0.15) is 11.1 Å². The van der Waals surface area contributed by atoms with Crippen LogP contribution in [0, 0.1) is 11.3 Å². The van der Waals surface area contributed by atoms with E-state index in [9.17, 15) is 5.26 Å². The molecule has 0 spiro atoms. The molecule has 1 heterocycles. The molecule has 6 heteroatoms. The van der Waals surface area contributed by atoms with Gasteiger partial charge in [0.25, 0.3) is 0 Å². The highest BCUT2D eigenvalue weighted by molar-refractivity contribution is 9.10. The van der Waals surface area contributed by atoms with Crippen molar-refractivity contribution in [3.8, 4) is 22.3 Å². The molecule has 2 aromatic carbocycles. The summed E-state index contributed by atoms with van der Waals surface area (Å²) in [5, 5.41) is 13.0. The van der Waals surface area contributed by atoms with E-state index in [1.54, 1.807) is 12.1 Å². The van der Waals surface area contributed by atoms with Gasteiger partial charge < -0.3 is 4.74 Å². The van der Waals surface area contributed by atoms with Gasteiger partial charge in [-0.15, -0.1) is 11.3 Å². The number of nitrogens with zero attached hydrogens (tertiary/aromatic N) is 1. The summed E-state index contributed by atoms with van der Waals surface area (Å²) in [6.07, 6.45) is 0. The highest BCUT2D eigenvalue weighted by Gasteiger charge is 2.15. The lowest BCUT2D eigenvalue weighted by atomic mass is 10.1. The van der Waals surface area contributed by atoms with Gasteiger partial charge in [-0.1, -0.05) is 63.4 Å². The molecule has 120 valence electrons. The van der Waals surface area contributed by atoms with Crippen molar-refractivity contribution < 1.29 is 4.74 Å². The molecule has 0 atom stereocenters. The van der Waals surface area contributed by atoms with E-state index in [4.69, 9.17) is 27.9 Å². The van der Waals surface area contributed by atoms with Crippen molar-refractivity contribution in [2.45, 2.75) is 6.61 Å². The van der Waals surface area contributed by atoms with Crippen molar-refractivity contribution in [2.24, 2.45) is 0 Å². The van der Waals surface area contributed by atoms with E-state index in [0.29, 0.717) is 27.3 Å². The van der Waals surface area contributed by atoms with Gasteiger partial charge in [0, 0.05) is 21.0 Å². The number of halogens is 3. The van der Waals surface area contributed by atoms with Crippen molar-refractivity contribution in [3.63, 3.8) is 0 Å². The van der Waals surface area contributed by atoms with Gasteiger partial charge in [0.05, 0.1) is 10.0 Å². The van der Waals surface area contributed by atoms with E-state index in [-0.39, 0.29) is 0 Å². The predicted molar refractivity (Wildman–Crippen MR) is 103 cm³/mol. The van der Waals surface area contributed by atoms with Gasteiger partial charge in [-0.05, 0) is 23.8 Å². The Balaban J connectivity index is 1.88. The first kappa shape index (κ1) is 17.3. The molecule has 0 saturated carbocycles. The molecule has 0 unspecified atom stereocenters. The second kappa shape index (κ2) is 7.58. The van der Waals surface area contributed by atoms with E-state index in [2.05, 4.69) is 22.0 Å². The second-order valence-electron chi connectivity index (χ2n) is 4.93. The summed E-state index contributed by atoms with van der Waals surface area (Å²) in [6.45, 7) is 0.386. The van der Waals surface area contributed by atoms with E-state index in [1.807, 2.05) is 35.7 Å². The Labute approximate surface area is 162 Å². The summed E-state index contributed by atoms with van der Waals surface area (Å²) < 4.78 is 6.83. The van der Waals surface area contributed by atoms with Crippen LogP contribution in [0.5, 0.6) is 5.06 Å². The third kappa shape index (κ3) is 3.60. The van der Waals surface area contributed by atoms with Crippen LogP contribution in [0.4, 0.5) is 0 Å². The van der Waals surface area contributed by atoms with Gasteiger partial charge in [0.2, 0.25) is 0 Å². The number of benzene rings is 2. The van der Waals surface area contributed by atoms with Crippen molar-refractivity contribution in [3.05, 3.63) is 73.5 Å². The smallest absolute Gasteiger partial charge is 0.192 e. The van der Waals surface area contributed by atoms with Gasteiger partial charge in [-0.25, -0.2) is 0 Å². The van der Waals surface area contributed by atoms with Gasteiger partial charge in [-0.2, -0.15) is 5.26 Å². The molecule has 0 bridgehead atoms. The normalized spacial score (nSPS) is 10.4. The highest BCUT2D eigenvalue weighted by Crippen LogP contribution is 2.39. The maximum Gasteiger partial charge on any atom is 0.192 e. The molecule has 2 nitrogen and oxygen atoms in total. The predicted octanol–water partition coefficient (Wildman–Crippen LogP) is 6.94. The molecular formula is C18H10BrCl2NOS. The van der Waals surface area contributed by atoms with E-state index in [0.717, 1.165) is 21.2 Å². The van der Waals surface area contributed by atoms with Crippen LogP contribution in [0.15, 0.2) is 52.3 Å². The molecule has 24 heavy (non-hydrogen) atoms. The lowest BCUT2D eigenvalue weighted by Crippen LogP contribution is -1.96. The Morgan fingerprint density at radius 2 is 1.92 bits per heavy atom. The molecule has 0 aliphatic rings. The van der Waals surface area contributed by atoms with Crippen molar-refractivity contribution >= 4 is 50.5 Å². The van der Waals surface area contributed by atoms with E-state index >= 15 is 0 Å². The maximum absolute atomic E-state index is 9.53. The van der Waals surface area contributed by atoms with Gasteiger partial charge in [-0.3, -0.25) is 0 Å². The SMILES string of the molecule is N#Cc1c(-c2ccc(Cl)c(Cl)c2)csc1OCc1ccccc1Br. The first-order valence-corrected chi connectivity index (χ1v) is 9.36. The minimum absolute atomic E-state index is 0.386. The molecule has 0 aliphatic carbocycles. The average Bonchev–Trinajstić information content (AvgIpc) is 2.99. The Morgan fingerprint density at radius 3 is 2.62 bits per heavy atom. The van der Waals surface area contributed by atoms with Crippen LogP contribution in [0.25, 0.3) is 11.1 Å². The van der Waals surface area contributed by atoms with Crippen LogP contribution in [-0.4, -0.2) is 0 Å². The van der Waals surface area contributed by atoms with Gasteiger partial charge >= 0.3 is 0 Å². The standard InChI is InChI=1S/C18H10BrCl2NOS/c19-15-4-2-1-3-12(15)9-23-18-13(8-22)14(10-24-18)11-5-6-16(20)17(21)7-11/h1-7,10H,9H2. The fourth-order valence-electron chi connectivity index (χ4n) is 2.19. The molecule has 3 rings (SSSR count). The average molecular weight is 439 g/mol. The second-order valence-corrected chi connectivity index (χ2v) is 7.44. The summed E-state index contributed by atoms with van der Waals surface area (Å²) in [5.74, 6) is 0.